The average molecular weight is 266 g/mol. The van der Waals surface area contributed by atoms with Crippen molar-refractivity contribution in [2.45, 2.75) is 78.1 Å². The van der Waals surface area contributed by atoms with E-state index in [0.29, 0.717) is 0 Å². The Hall–Kier alpha value is -0.550. The van der Waals surface area contributed by atoms with Crippen molar-refractivity contribution in [3.05, 3.63) is 6.57 Å². The first kappa shape index (κ1) is 18.4. The maximum Gasteiger partial charge on any atom is 0.0801 e. The van der Waals surface area contributed by atoms with Gasteiger partial charge in [0, 0.05) is 12.3 Å². The molecule has 0 spiro atoms. The fourth-order valence-electron chi connectivity index (χ4n) is 3.11. The molecular formula is C17H34N2. The van der Waals surface area contributed by atoms with Crippen LogP contribution in [-0.2, 0) is 0 Å². The van der Waals surface area contributed by atoms with Crippen molar-refractivity contribution >= 4 is 0 Å². The minimum absolute atomic E-state index is 1.04. The van der Waals surface area contributed by atoms with Gasteiger partial charge in [0.05, 0.1) is 19.6 Å². The van der Waals surface area contributed by atoms with Crippen LogP contribution in [0.2, 0.25) is 0 Å². The molecular weight excluding hydrogens is 232 g/mol. The van der Waals surface area contributed by atoms with Gasteiger partial charge in [0.1, 0.15) is 0 Å². The normalized spacial score (nSPS) is 21.9. The van der Waals surface area contributed by atoms with Gasteiger partial charge in [0.2, 0.25) is 0 Å². The van der Waals surface area contributed by atoms with Crippen LogP contribution in [0.3, 0.4) is 0 Å². The second-order valence-electron chi connectivity index (χ2n) is 5.99. The van der Waals surface area contributed by atoms with E-state index in [2.05, 4.69) is 13.8 Å². The molecule has 1 aliphatic heterocycles. The van der Waals surface area contributed by atoms with E-state index in [1.165, 1.54) is 83.8 Å². The highest BCUT2D eigenvalue weighted by Gasteiger charge is 2.23. The molecule has 0 aromatic heterocycles. The number of likely N-dealkylation sites (tertiary alicyclic amines) is 1. The minimum Gasteiger partial charge on any atom is -0.512 e. The molecule has 0 aliphatic carbocycles. The molecule has 19 heavy (non-hydrogen) atoms. The molecule has 0 radical (unpaired) electrons. The van der Waals surface area contributed by atoms with E-state index < -0.39 is 0 Å². The van der Waals surface area contributed by atoms with Crippen molar-refractivity contribution in [1.82, 2.24) is 0 Å². The van der Waals surface area contributed by atoms with Gasteiger partial charge in [-0.15, -0.1) is 0 Å². The first-order valence-electron chi connectivity index (χ1n) is 8.42. The van der Waals surface area contributed by atoms with E-state index in [-0.39, 0.29) is 0 Å². The number of unbranched alkanes of at least 4 members (excludes halogenated alkanes) is 7. The van der Waals surface area contributed by atoms with Gasteiger partial charge in [-0.25, -0.2) is 0 Å². The van der Waals surface area contributed by atoms with E-state index >= 15 is 0 Å². The van der Waals surface area contributed by atoms with Crippen LogP contribution in [0.5, 0.6) is 0 Å². The molecule has 0 aromatic rings. The van der Waals surface area contributed by atoms with E-state index in [0.717, 1.165) is 5.92 Å². The molecule has 1 N–H and O–H groups in total. The van der Waals surface area contributed by atoms with Gasteiger partial charge >= 0.3 is 0 Å². The van der Waals surface area contributed by atoms with Crippen molar-refractivity contribution in [2.24, 2.45) is 5.92 Å². The molecule has 1 aliphatic rings. The average Bonchev–Trinajstić information content (AvgIpc) is 2.92. The van der Waals surface area contributed by atoms with Crippen molar-refractivity contribution in [3.8, 4) is 0 Å². The molecule has 2 heteroatoms. The fraction of sp³-hybridized carbons (Fsp3) is 0.941. The Morgan fingerprint density at radius 3 is 2.05 bits per heavy atom. The molecule has 0 bridgehead atoms. The fourth-order valence-corrected chi connectivity index (χ4v) is 3.11. The summed E-state index contributed by atoms with van der Waals surface area (Å²) >= 11 is 0. The zero-order valence-corrected chi connectivity index (χ0v) is 13.2. The lowest BCUT2D eigenvalue weighted by Gasteiger charge is -2.12. The van der Waals surface area contributed by atoms with E-state index in [9.17, 15) is 0 Å². The first-order chi connectivity index (χ1) is 9.36. The molecule has 2 nitrogen and oxygen atoms in total. The maximum absolute atomic E-state index is 6.25. The predicted octanol–water partition coefficient (Wildman–Crippen LogP) is 3.54. The third kappa shape index (κ3) is 9.96. The van der Waals surface area contributed by atoms with Gasteiger partial charge in [-0.3, -0.25) is 0 Å². The summed E-state index contributed by atoms with van der Waals surface area (Å²) in [6.45, 7) is 13.8. The largest absolute Gasteiger partial charge is 0.512 e. The second kappa shape index (κ2) is 13.9. The molecule has 0 saturated carbocycles. The third-order valence-electron chi connectivity index (χ3n) is 4.44. The number of hydrogen-bond donors (Lipinski definition) is 1. The van der Waals surface area contributed by atoms with Crippen LogP contribution < -0.4 is 4.90 Å². The lowest BCUT2D eigenvalue weighted by atomic mass is 10.1. The van der Waals surface area contributed by atoms with Crippen LogP contribution in [0.4, 0.5) is 0 Å². The highest BCUT2D eigenvalue weighted by atomic mass is 15.1. The SMILES string of the molecule is CCCCCCCCCC[NH+]1CCC(CC)C1.[C-]#N. The summed E-state index contributed by atoms with van der Waals surface area (Å²) < 4.78 is 0. The van der Waals surface area contributed by atoms with Crippen LogP contribution >= 0.6 is 0 Å². The van der Waals surface area contributed by atoms with Crippen molar-refractivity contribution in [3.63, 3.8) is 0 Å². The highest BCUT2D eigenvalue weighted by Crippen LogP contribution is 2.09. The Labute approximate surface area is 121 Å². The number of nitrogens with zero attached hydrogens (tertiary/aromatic N) is 1. The molecule has 1 heterocycles. The number of quaternary nitrogens is 1. The lowest BCUT2D eigenvalue weighted by Crippen LogP contribution is -3.10. The monoisotopic (exact) mass is 266 g/mol. The van der Waals surface area contributed by atoms with Crippen LogP contribution in [0.15, 0.2) is 0 Å². The molecule has 0 amide bonds. The van der Waals surface area contributed by atoms with Gasteiger partial charge in [0.25, 0.3) is 0 Å². The van der Waals surface area contributed by atoms with Crippen LogP contribution in [0.1, 0.15) is 78.1 Å². The van der Waals surface area contributed by atoms with Gasteiger partial charge in [0.15, 0.2) is 0 Å². The summed E-state index contributed by atoms with van der Waals surface area (Å²) in [6.07, 6.45) is 14.6. The minimum atomic E-state index is 1.04. The standard InChI is InChI=1S/C16H33N.CN/c1-3-5-6-7-8-9-10-11-13-17-14-12-16(4-2)15-17;1-2/h16H,3-15H2,1-2H3;/q;-1/p+1. The second-order valence-corrected chi connectivity index (χ2v) is 5.99. The first-order valence-corrected chi connectivity index (χ1v) is 8.42. The van der Waals surface area contributed by atoms with Gasteiger partial charge in [-0.05, 0) is 19.3 Å². The molecule has 1 saturated heterocycles. The van der Waals surface area contributed by atoms with Crippen molar-refractivity contribution in [2.75, 3.05) is 19.6 Å². The smallest absolute Gasteiger partial charge is 0.0801 e. The molecule has 112 valence electrons. The van der Waals surface area contributed by atoms with E-state index in [1.807, 2.05) is 4.90 Å². The third-order valence-corrected chi connectivity index (χ3v) is 4.44. The van der Waals surface area contributed by atoms with E-state index in [4.69, 9.17) is 11.8 Å². The Kier molecular flexibility index (Phi) is 13.5. The summed E-state index contributed by atoms with van der Waals surface area (Å²) in [4.78, 5) is 1.89. The molecule has 2 unspecified atom stereocenters. The molecule has 1 rings (SSSR count). The number of nitrogens with one attached hydrogen (secondary N) is 1. The zero-order valence-electron chi connectivity index (χ0n) is 13.2. The maximum atomic E-state index is 6.25. The number of rotatable bonds is 10. The summed E-state index contributed by atoms with van der Waals surface area (Å²) in [5.41, 5.74) is 0. The summed E-state index contributed by atoms with van der Waals surface area (Å²) in [6, 6.07) is 0. The Morgan fingerprint density at radius 1 is 0.947 bits per heavy atom. The van der Waals surface area contributed by atoms with Crippen LogP contribution in [0.25, 0.3) is 0 Å². The quantitative estimate of drug-likeness (QED) is 0.475. The summed E-state index contributed by atoms with van der Waals surface area (Å²) in [7, 11) is 0. The zero-order chi connectivity index (χ0) is 14.3. The van der Waals surface area contributed by atoms with E-state index in [1.54, 1.807) is 0 Å². The Balaban J connectivity index is 0.00000154. The summed E-state index contributed by atoms with van der Waals surface area (Å²) in [5, 5.41) is 6.25. The topological polar surface area (TPSA) is 28.2 Å². The van der Waals surface area contributed by atoms with Crippen LogP contribution in [0, 0.1) is 17.8 Å². The summed E-state index contributed by atoms with van der Waals surface area (Å²) in [5.74, 6) is 1.04. The lowest BCUT2D eigenvalue weighted by molar-refractivity contribution is -0.889. The molecule has 0 aromatic carbocycles. The Bertz CT molecular complexity index is 201. The van der Waals surface area contributed by atoms with Gasteiger partial charge in [-0.1, -0.05) is 52.4 Å². The Morgan fingerprint density at radius 2 is 1.53 bits per heavy atom. The van der Waals surface area contributed by atoms with Gasteiger partial charge in [-0.2, -0.15) is 0 Å². The highest BCUT2D eigenvalue weighted by molar-refractivity contribution is 4.59. The molecule has 2 atom stereocenters. The molecule has 1 fully saturated rings. The predicted molar refractivity (Wildman–Crippen MR) is 81.5 cm³/mol. The van der Waals surface area contributed by atoms with Gasteiger partial charge < -0.3 is 16.7 Å². The van der Waals surface area contributed by atoms with Crippen molar-refractivity contribution < 1.29 is 4.90 Å². The van der Waals surface area contributed by atoms with Crippen LogP contribution in [-0.4, -0.2) is 19.6 Å². The number of hydrogen-bond acceptors (Lipinski definition) is 1. The van der Waals surface area contributed by atoms with Crippen molar-refractivity contribution in [1.29, 1.82) is 5.26 Å².